The van der Waals surface area contributed by atoms with Crippen LogP contribution in [0.15, 0.2) is 48.5 Å². The van der Waals surface area contributed by atoms with Gasteiger partial charge >= 0.3 is 0 Å². The lowest BCUT2D eigenvalue weighted by molar-refractivity contribution is -0.114. The Morgan fingerprint density at radius 1 is 1.20 bits per heavy atom. The van der Waals surface area contributed by atoms with Crippen molar-refractivity contribution >= 4 is 27.3 Å². The highest BCUT2D eigenvalue weighted by molar-refractivity contribution is 7.92. The van der Waals surface area contributed by atoms with Crippen LogP contribution in [-0.2, 0) is 21.2 Å². The van der Waals surface area contributed by atoms with Crippen LogP contribution in [0.2, 0.25) is 0 Å². The van der Waals surface area contributed by atoms with Gasteiger partial charge in [0, 0.05) is 5.69 Å². The number of aryl methyl sites for hydroxylation is 1. The second-order valence-electron chi connectivity index (χ2n) is 5.53. The van der Waals surface area contributed by atoms with E-state index < -0.39 is 15.9 Å². The molecule has 0 bridgehead atoms. The largest absolute Gasteiger partial charge is 0.325 e. The topological polar surface area (TPSA) is 90.3 Å². The first kappa shape index (κ1) is 18.5. The van der Waals surface area contributed by atoms with Crippen LogP contribution in [-0.4, -0.2) is 27.1 Å². The van der Waals surface area contributed by atoms with Crippen LogP contribution in [0.25, 0.3) is 0 Å². The predicted octanol–water partition coefficient (Wildman–Crippen LogP) is 2.53. The first-order valence-electron chi connectivity index (χ1n) is 7.70. The molecule has 0 saturated carbocycles. The lowest BCUT2D eigenvalue weighted by atomic mass is 10.1. The number of nitrogens with zero attached hydrogens (tertiary/aromatic N) is 2. The minimum Gasteiger partial charge on any atom is -0.325 e. The maximum Gasteiger partial charge on any atom is 0.245 e. The summed E-state index contributed by atoms with van der Waals surface area (Å²) in [7, 11) is -3.68. The summed E-state index contributed by atoms with van der Waals surface area (Å²) in [5.41, 5.74) is 2.34. The molecule has 25 heavy (non-hydrogen) atoms. The SMILES string of the molecule is CCc1ccc(NC(=O)CN(c2cccc(C#N)c2)S(C)(=O)=O)cc1. The van der Waals surface area contributed by atoms with Crippen molar-refractivity contribution in [2.45, 2.75) is 13.3 Å². The van der Waals surface area contributed by atoms with Gasteiger partial charge in [-0.3, -0.25) is 9.10 Å². The summed E-state index contributed by atoms with van der Waals surface area (Å²) in [4.78, 5) is 12.3. The summed E-state index contributed by atoms with van der Waals surface area (Å²) in [6.45, 7) is 1.66. The van der Waals surface area contributed by atoms with E-state index >= 15 is 0 Å². The Morgan fingerprint density at radius 3 is 2.44 bits per heavy atom. The average Bonchev–Trinajstić information content (AvgIpc) is 2.59. The van der Waals surface area contributed by atoms with Crippen LogP contribution in [0.5, 0.6) is 0 Å². The first-order chi connectivity index (χ1) is 11.8. The fraction of sp³-hybridized carbons (Fsp3) is 0.222. The number of carbonyl (C=O) groups is 1. The van der Waals surface area contributed by atoms with Crippen molar-refractivity contribution in [1.29, 1.82) is 5.26 Å². The van der Waals surface area contributed by atoms with E-state index in [1.165, 1.54) is 6.07 Å². The molecule has 2 rings (SSSR count). The molecule has 0 spiro atoms. The molecule has 0 aliphatic heterocycles. The van der Waals surface area contributed by atoms with Gasteiger partial charge in [-0.25, -0.2) is 8.42 Å². The average molecular weight is 357 g/mol. The van der Waals surface area contributed by atoms with E-state index in [4.69, 9.17) is 5.26 Å². The maximum atomic E-state index is 12.3. The Hall–Kier alpha value is -2.85. The Labute approximate surface area is 147 Å². The highest BCUT2D eigenvalue weighted by Gasteiger charge is 2.21. The van der Waals surface area contributed by atoms with Crippen LogP contribution in [0.1, 0.15) is 18.1 Å². The zero-order valence-electron chi connectivity index (χ0n) is 14.1. The number of nitrogens with one attached hydrogen (secondary N) is 1. The summed E-state index contributed by atoms with van der Waals surface area (Å²) < 4.78 is 25.1. The van der Waals surface area contributed by atoms with E-state index in [0.29, 0.717) is 11.3 Å². The smallest absolute Gasteiger partial charge is 0.245 e. The van der Waals surface area contributed by atoms with Gasteiger partial charge in [-0.2, -0.15) is 5.26 Å². The van der Waals surface area contributed by atoms with Gasteiger partial charge in [0.1, 0.15) is 6.54 Å². The van der Waals surface area contributed by atoms with Gasteiger partial charge in [-0.15, -0.1) is 0 Å². The number of sulfonamides is 1. The molecule has 0 aliphatic carbocycles. The number of hydrogen-bond donors (Lipinski definition) is 1. The molecular formula is C18H19N3O3S. The summed E-state index contributed by atoms with van der Waals surface area (Å²) in [6, 6.07) is 15.4. The number of nitriles is 1. The van der Waals surface area contributed by atoms with Crippen molar-refractivity contribution in [2.75, 3.05) is 22.4 Å². The molecule has 1 amide bonds. The van der Waals surface area contributed by atoms with Gasteiger partial charge in [0.15, 0.2) is 0 Å². The highest BCUT2D eigenvalue weighted by Crippen LogP contribution is 2.19. The van der Waals surface area contributed by atoms with Crippen LogP contribution in [0.3, 0.4) is 0 Å². The van der Waals surface area contributed by atoms with E-state index in [1.54, 1.807) is 30.3 Å². The summed E-state index contributed by atoms with van der Waals surface area (Å²) in [6.07, 6.45) is 1.92. The van der Waals surface area contributed by atoms with Gasteiger partial charge < -0.3 is 5.32 Å². The van der Waals surface area contributed by atoms with Crippen molar-refractivity contribution < 1.29 is 13.2 Å². The zero-order chi connectivity index (χ0) is 18.4. The molecule has 6 nitrogen and oxygen atoms in total. The number of rotatable bonds is 6. The second-order valence-corrected chi connectivity index (χ2v) is 7.44. The van der Waals surface area contributed by atoms with E-state index in [2.05, 4.69) is 5.32 Å². The molecule has 0 saturated heterocycles. The summed E-state index contributed by atoms with van der Waals surface area (Å²) >= 11 is 0. The zero-order valence-corrected chi connectivity index (χ0v) is 14.9. The summed E-state index contributed by atoms with van der Waals surface area (Å²) in [5.74, 6) is -0.461. The normalized spacial score (nSPS) is 10.8. The number of benzene rings is 2. The molecule has 0 aliphatic rings. The number of hydrogen-bond acceptors (Lipinski definition) is 4. The standard InChI is InChI=1S/C18H19N3O3S/c1-3-14-7-9-16(10-8-14)20-18(22)13-21(25(2,23)24)17-6-4-5-15(11-17)12-19/h4-11H,3,13H2,1-2H3,(H,20,22). The van der Waals surface area contributed by atoms with Gasteiger partial charge in [-0.1, -0.05) is 25.1 Å². The number of carbonyl (C=O) groups excluding carboxylic acids is 1. The fourth-order valence-corrected chi connectivity index (χ4v) is 3.13. The maximum absolute atomic E-state index is 12.3. The number of anilines is 2. The number of amides is 1. The third-order valence-corrected chi connectivity index (χ3v) is 4.74. The van der Waals surface area contributed by atoms with E-state index in [9.17, 15) is 13.2 Å². The molecule has 0 radical (unpaired) electrons. The third-order valence-electron chi connectivity index (χ3n) is 3.60. The van der Waals surface area contributed by atoms with Crippen LogP contribution < -0.4 is 9.62 Å². The molecule has 0 heterocycles. The Bertz CT molecular complexity index is 900. The minimum atomic E-state index is -3.68. The molecule has 130 valence electrons. The Kier molecular flexibility index (Phi) is 5.78. The lowest BCUT2D eigenvalue weighted by Gasteiger charge is -2.22. The Morgan fingerprint density at radius 2 is 1.88 bits per heavy atom. The van der Waals surface area contributed by atoms with Crippen molar-refractivity contribution in [3.05, 3.63) is 59.7 Å². The monoisotopic (exact) mass is 357 g/mol. The molecule has 7 heteroatoms. The quantitative estimate of drug-likeness (QED) is 0.860. The Balaban J connectivity index is 2.19. The molecule has 0 aromatic heterocycles. The van der Waals surface area contributed by atoms with Gasteiger partial charge in [0.2, 0.25) is 15.9 Å². The summed E-state index contributed by atoms with van der Waals surface area (Å²) in [5, 5.41) is 11.7. The minimum absolute atomic E-state index is 0.276. The molecular weight excluding hydrogens is 338 g/mol. The van der Waals surface area contributed by atoms with E-state index in [1.807, 2.05) is 25.1 Å². The van der Waals surface area contributed by atoms with Crippen molar-refractivity contribution in [1.82, 2.24) is 0 Å². The van der Waals surface area contributed by atoms with E-state index in [-0.39, 0.29) is 12.2 Å². The molecule has 0 unspecified atom stereocenters. The van der Waals surface area contributed by atoms with Crippen molar-refractivity contribution in [2.24, 2.45) is 0 Å². The van der Waals surface area contributed by atoms with Crippen molar-refractivity contribution in [3.63, 3.8) is 0 Å². The van der Waals surface area contributed by atoms with E-state index in [0.717, 1.165) is 22.5 Å². The first-order valence-corrected chi connectivity index (χ1v) is 9.55. The molecule has 1 N–H and O–H groups in total. The van der Waals surface area contributed by atoms with Gasteiger partial charge in [0.05, 0.1) is 23.6 Å². The molecule has 0 fully saturated rings. The lowest BCUT2D eigenvalue weighted by Crippen LogP contribution is -2.37. The highest BCUT2D eigenvalue weighted by atomic mass is 32.2. The molecule has 2 aromatic carbocycles. The van der Waals surface area contributed by atoms with Gasteiger partial charge in [-0.05, 0) is 42.3 Å². The predicted molar refractivity (Wildman–Crippen MR) is 97.8 cm³/mol. The van der Waals surface area contributed by atoms with Crippen molar-refractivity contribution in [3.8, 4) is 6.07 Å². The molecule has 2 aromatic rings. The van der Waals surface area contributed by atoms with Crippen LogP contribution in [0.4, 0.5) is 11.4 Å². The van der Waals surface area contributed by atoms with Crippen LogP contribution in [0, 0.1) is 11.3 Å². The molecule has 0 atom stereocenters. The van der Waals surface area contributed by atoms with Gasteiger partial charge in [0.25, 0.3) is 0 Å². The van der Waals surface area contributed by atoms with Crippen LogP contribution >= 0.6 is 0 Å². The second kappa shape index (κ2) is 7.81. The third kappa shape index (κ3) is 5.06. The fourth-order valence-electron chi connectivity index (χ4n) is 2.29.